The van der Waals surface area contributed by atoms with Gasteiger partial charge in [-0.3, -0.25) is 4.79 Å². The van der Waals surface area contributed by atoms with Crippen LogP contribution in [0.5, 0.6) is 0 Å². The lowest BCUT2D eigenvalue weighted by molar-refractivity contribution is -0.118. The van der Waals surface area contributed by atoms with Gasteiger partial charge < -0.3 is 15.7 Å². The minimum absolute atomic E-state index is 0.0705. The minimum Gasteiger partial charge on any atom is -0.478 e. The largest absolute Gasteiger partial charge is 0.478 e. The number of nitrogens with one attached hydrogen (secondary N) is 2. The van der Waals surface area contributed by atoms with E-state index in [1.807, 2.05) is 0 Å². The molecule has 3 N–H and O–H groups in total. The van der Waals surface area contributed by atoms with E-state index in [9.17, 15) is 9.59 Å². The summed E-state index contributed by atoms with van der Waals surface area (Å²) in [6.07, 6.45) is 3.48. The molecule has 3 atom stereocenters. The van der Waals surface area contributed by atoms with E-state index in [1.165, 1.54) is 25.0 Å². The van der Waals surface area contributed by atoms with Crippen LogP contribution in [0, 0.1) is 11.8 Å². The normalized spacial score (nSPS) is 27.4. The summed E-state index contributed by atoms with van der Waals surface area (Å²) in [5.74, 6) is -0.0607. The molecular weight excluding hydrogens is 336 g/mol. The Morgan fingerprint density at radius 3 is 2.86 bits per heavy atom. The maximum atomic E-state index is 12.4. The molecule has 1 aromatic rings. The summed E-state index contributed by atoms with van der Waals surface area (Å²) in [6.45, 7) is 0.904. The van der Waals surface area contributed by atoms with Gasteiger partial charge in [-0.2, -0.15) is 0 Å². The topological polar surface area (TPSA) is 78.4 Å². The Morgan fingerprint density at radius 1 is 1.29 bits per heavy atom. The van der Waals surface area contributed by atoms with Crippen molar-refractivity contribution in [3.8, 4) is 0 Å². The van der Waals surface area contributed by atoms with Crippen molar-refractivity contribution in [2.24, 2.45) is 11.8 Å². The summed E-state index contributed by atoms with van der Waals surface area (Å²) in [7, 11) is 0. The van der Waals surface area contributed by atoms with E-state index in [2.05, 4.69) is 26.6 Å². The number of benzene rings is 1. The molecule has 1 aliphatic heterocycles. The van der Waals surface area contributed by atoms with Gasteiger partial charge in [0.05, 0.1) is 11.6 Å². The predicted molar refractivity (Wildman–Crippen MR) is 82.4 cm³/mol. The molecule has 1 heterocycles. The number of hydrogen-bond donors (Lipinski definition) is 3. The third kappa shape index (κ3) is 2.96. The van der Waals surface area contributed by atoms with Crippen molar-refractivity contribution in [1.82, 2.24) is 5.32 Å². The highest BCUT2D eigenvalue weighted by Gasteiger charge is 2.42. The van der Waals surface area contributed by atoms with Crippen LogP contribution in [0.4, 0.5) is 5.69 Å². The molecule has 6 heteroatoms. The van der Waals surface area contributed by atoms with Gasteiger partial charge in [0.1, 0.15) is 0 Å². The molecule has 0 spiro atoms. The summed E-state index contributed by atoms with van der Waals surface area (Å²) in [4.78, 5) is 23.5. The van der Waals surface area contributed by atoms with Gasteiger partial charge in [-0.05, 0) is 49.4 Å². The number of fused-ring (bicyclic) bond motifs is 1. The molecule has 1 saturated heterocycles. The van der Waals surface area contributed by atoms with E-state index in [0.29, 0.717) is 22.0 Å². The van der Waals surface area contributed by atoms with Crippen molar-refractivity contribution in [3.63, 3.8) is 0 Å². The maximum Gasteiger partial charge on any atom is 0.335 e. The fourth-order valence-corrected chi connectivity index (χ4v) is 3.97. The third-order valence-electron chi connectivity index (χ3n) is 4.44. The highest BCUT2D eigenvalue weighted by Crippen LogP contribution is 2.38. The molecule has 5 nitrogen and oxygen atoms in total. The van der Waals surface area contributed by atoms with Gasteiger partial charge in [-0.15, -0.1) is 0 Å². The number of anilines is 1. The van der Waals surface area contributed by atoms with E-state index in [4.69, 9.17) is 5.11 Å². The number of halogens is 1. The standard InChI is InChI=1S/C15H17BrN2O3/c16-10-4-9(15(20)21)5-11(6-10)18-14(19)13-12-3-1-2-8(12)7-17-13/h4-6,8,12-13,17H,1-3,7H2,(H,18,19)(H,20,21). The molecule has 0 radical (unpaired) electrons. The first-order valence-electron chi connectivity index (χ1n) is 7.13. The van der Waals surface area contributed by atoms with Gasteiger partial charge in [0.2, 0.25) is 5.91 Å². The number of amides is 1. The summed E-state index contributed by atoms with van der Waals surface area (Å²) in [5.41, 5.74) is 0.660. The van der Waals surface area contributed by atoms with Crippen molar-refractivity contribution in [1.29, 1.82) is 0 Å². The molecule has 3 rings (SSSR count). The van der Waals surface area contributed by atoms with Crippen LogP contribution in [-0.4, -0.2) is 29.6 Å². The van der Waals surface area contributed by atoms with Gasteiger partial charge in [0.25, 0.3) is 0 Å². The van der Waals surface area contributed by atoms with E-state index in [-0.39, 0.29) is 17.5 Å². The Morgan fingerprint density at radius 2 is 2.10 bits per heavy atom. The summed E-state index contributed by atoms with van der Waals surface area (Å²) < 4.78 is 0.635. The fraction of sp³-hybridized carbons (Fsp3) is 0.467. The molecule has 1 amide bonds. The lowest BCUT2D eigenvalue weighted by Crippen LogP contribution is -2.39. The van der Waals surface area contributed by atoms with Crippen LogP contribution in [0.15, 0.2) is 22.7 Å². The molecule has 112 valence electrons. The average Bonchev–Trinajstić information content (AvgIpc) is 2.99. The Hall–Kier alpha value is -1.40. The molecule has 2 fully saturated rings. The van der Waals surface area contributed by atoms with Crippen molar-refractivity contribution < 1.29 is 14.7 Å². The molecule has 21 heavy (non-hydrogen) atoms. The number of aromatic carboxylic acids is 1. The number of hydrogen-bond acceptors (Lipinski definition) is 3. The molecule has 1 aromatic carbocycles. The van der Waals surface area contributed by atoms with Crippen LogP contribution in [-0.2, 0) is 4.79 Å². The van der Waals surface area contributed by atoms with E-state index < -0.39 is 5.97 Å². The fourth-order valence-electron chi connectivity index (χ4n) is 3.48. The first-order chi connectivity index (χ1) is 10.0. The summed E-state index contributed by atoms with van der Waals surface area (Å²) in [6, 6.07) is 4.54. The van der Waals surface area contributed by atoms with Crippen LogP contribution in [0.2, 0.25) is 0 Å². The van der Waals surface area contributed by atoms with Gasteiger partial charge >= 0.3 is 5.97 Å². The van der Waals surface area contributed by atoms with Gasteiger partial charge in [-0.25, -0.2) is 4.79 Å². The zero-order chi connectivity index (χ0) is 15.0. The molecule has 2 aliphatic rings. The minimum atomic E-state index is -1.01. The highest BCUT2D eigenvalue weighted by atomic mass is 79.9. The maximum absolute atomic E-state index is 12.4. The van der Waals surface area contributed by atoms with Gasteiger partial charge in [0, 0.05) is 10.2 Å². The van der Waals surface area contributed by atoms with Crippen LogP contribution in [0.25, 0.3) is 0 Å². The lowest BCUT2D eigenvalue weighted by Gasteiger charge is -2.18. The second kappa shape index (κ2) is 5.77. The summed E-state index contributed by atoms with van der Waals surface area (Å²) in [5, 5.41) is 15.2. The SMILES string of the molecule is O=C(O)c1cc(Br)cc(NC(=O)C2NCC3CCCC32)c1. The smallest absolute Gasteiger partial charge is 0.335 e. The second-order valence-corrected chi connectivity index (χ2v) is 6.68. The Bertz CT molecular complexity index is 590. The number of carboxylic acid groups (broad SMARTS) is 1. The third-order valence-corrected chi connectivity index (χ3v) is 4.90. The van der Waals surface area contributed by atoms with E-state index >= 15 is 0 Å². The zero-order valence-electron chi connectivity index (χ0n) is 11.4. The number of carbonyl (C=O) groups is 2. The lowest BCUT2D eigenvalue weighted by atomic mass is 9.93. The van der Waals surface area contributed by atoms with Crippen molar-refractivity contribution in [2.75, 3.05) is 11.9 Å². The summed E-state index contributed by atoms with van der Waals surface area (Å²) >= 11 is 3.27. The quantitative estimate of drug-likeness (QED) is 0.780. The van der Waals surface area contributed by atoms with Crippen LogP contribution < -0.4 is 10.6 Å². The number of carbonyl (C=O) groups excluding carboxylic acids is 1. The van der Waals surface area contributed by atoms with Gasteiger partial charge in [-0.1, -0.05) is 22.4 Å². The first-order valence-corrected chi connectivity index (χ1v) is 7.92. The molecule has 1 aliphatic carbocycles. The Balaban J connectivity index is 1.74. The molecule has 0 bridgehead atoms. The van der Waals surface area contributed by atoms with Crippen LogP contribution in [0.3, 0.4) is 0 Å². The van der Waals surface area contributed by atoms with Gasteiger partial charge in [0.15, 0.2) is 0 Å². The molecule has 3 unspecified atom stereocenters. The number of rotatable bonds is 3. The Kier molecular flexibility index (Phi) is 3.99. The van der Waals surface area contributed by atoms with Crippen LogP contribution in [0.1, 0.15) is 29.6 Å². The zero-order valence-corrected chi connectivity index (χ0v) is 13.0. The van der Waals surface area contributed by atoms with Crippen molar-refractivity contribution >= 4 is 33.5 Å². The second-order valence-electron chi connectivity index (χ2n) is 5.76. The molecule has 0 aromatic heterocycles. The monoisotopic (exact) mass is 352 g/mol. The molecular formula is C15H17BrN2O3. The molecule has 1 saturated carbocycles. The van der Waals surface area contributed by atoms with E-state index in [1.54, 1.807) is 6.07 Å². The number of carboxylic acids is 1. The Labute approximate surface area is 131 Å². The van der Waals surface area contributed by atoms with E-state index in [0.717, 1.165) is 13.0 Å². The van der Waals surface area contributed by atoms with Crippen molar-refractivity contribution in [3.05, 3.63) is 28.2 Å². The average molecular weight is 353 g/mol. The first kappa shape index (κ1) is 14.5. The highest BCUT2D eigenvalue weighted by molar-refractivity contribution is 9.10. The van der Waals surface area contributed by atoms with Crippen LogP contribution >= 0.6 is 15.9 Å². The predicted octanol–water partition coefficient (Wildman–Crippen LogP) is 2.47. The van der Waals surface area contributed by atoms with Crippen molar-refractivity contribution in [2.45, 2.75) is 25.3 Å².